The third kappa shape index (κ3) is 2.64. The number of methoxy groups -OCH3 is 1. The molecule has 0 aliphatic carbocycles. The number of hydrogen-bond donors (Lipinski definition) is 0. The maximum absolute atomic E-state index is 11.5. The van der Waals surface area contributed by atoms with Crippen molar-refractivity contribution in [1.82, 2.24) is 0 Å². The average Bonchev–Trinajstić information content (AvgIpc) is 2.71. The van der Waals surface area contributed by atoms with Gasteiger partial charge in [-0.3, -0.25) is 4.99 Å². The van der Waals surface area contributed by atoms with Gasteiger partial charge in [0.15, 0.2) is 6.04 Å². The van der Waals surface area contributed by atoms with E-state index in [1.807, 2.05) is 31.2 Å². The molecule has 0 saturated heterocycles. The molecule has 0 spiro atoms. The second-order valence-electron chi connectivity index (χ2n) is 3.73. The van der Waals surface area contributed by atoms with Crippen LogP contribution in [0.5, 0.6) is 0 Å². The number of carbonyl (C=O) groups is 1. The molecule has 0 fully saturated rings. The maximum Gasteiger partial charge on any atom is 0.331 e. The molecule has 1 aliphatic heterocycles. The van der Waals surface area contributed by atoms with E-state index in [0.29, 0.717) is 5.02 Å². The van der Waals surface area contributed by atoms with E-state index in [0.717, 1.165) is 10.6 Å². The predicted molar refractivity (Wildman–Crippen MR) is 70.8 cm³/mol. The van der Waals surface area contributed by atoms with Gasteiger partial charge in [0.25, 0.3) is 0 Å². The molecule has 1 aliphatic rings. The van der Waals surface area contributed by atoms with Crippen molar-refractivity contribution >= 4 is 34.4 Å². The molecule has 0 amide bonds. The van der Waals surface area contributed by atoms with Gasteiger partial charge >= 0.3 is 5.97 Å². The quantitative estimate of drug-likeness (QED) is 0.775. The Morgan fingerprint density at radius 2 is 2.06 bits per heavy atom. The SMILES string of the molecule is COC(=O)[C@@H]1N=C(c2ccc(Cl)cc2)S[C@H]1C. The van der Waals surface area contributed by atoms with Crippen molar-refractivity contribution in [3.05, 3.63) is 34.9 Å². The molecule has 90 valence electrons. The van der Waals surface area contributed by atoms with E-state index >= 15 is 0 Å². The van der Waals surface area contributed by atoms with Crippen LogP contribution in [0.3, 0.4) is 0 Å². The van der Waals surface area contributed by atoms with Gasteiger partial charge in [-0.05, 0) is 12.1 Å². The summed E-state index contributed by atoms with van der Waals surface area (Å²) in [7, 11) is 1.38. The van der Waals surface area contributed by atoms with Gasteiger partial charge in [-0.2, -0.15) is 0 Å². The lowest BCUT2D eigenvalue weighted by Gasteiger charge is -2.08. The number of hydrogen-bond acceptors (Lipinski definition) is 4. The van der Waals surface area contributed by atoms with E-state index in [4.69, 9.17) is 16.3 Å². The van der Waals surface area contributed by atoms with Crippen LogP contribution in [0.2, 0.25) is 5.02 Å². The molecule has 2 atom stereocenters. The largest absolute Gasteiger partial charge is 0.467 e. The number of esters is 1. The third-order valence-corrected chi connectivity index (χ3v) is 3.98. The molecule has 0 aromatic heterocycles. The van der Waals surface area contributed by atoms with E-state index in [1.54, 1.807) is 11.8 Å². The third-order valence-electron chi connectivity index (χ3n) is 2.53. The van der Waals surface area contributed by atoms with E-state index < -0.39 is 6.04 Å². The molecule has 1 aromatic rings. The minimum atomic E-state index is -0.407. The van der Waals surface area contributed by atoms with Gasteiger partial charge in [0.1, 0.15) is 0 Å². The highest BCUT2D eigenvalue weighted by Gasteiger charge is 2.33. The zero-order valence-corrected chi connectivity index (χ0v) is 11.1. The molecule has 2 rings (SSSR count). The minimum absolute atomic E-state index is 0.105. The van der Waals surface area contributed by atoms with Crippen LogP contribution in [0, 0.1) is 0 Å². The Morgan fingerprint density at radius 3 is 2.65 bits per heavy atom. The van der Waals surface area contributed by atoms with E-state index in [2.05, 4.69) is 4.99 Å². The number of rotatable bonds is 2. The van der Waals surface area contributed by atoms with E-state index in [-0.39, 0.29) is 11.2 Å². The zero-order chi connectivity index (χ0) is 12.4. The summed E-state index contributed by atoms with van der Waals surface area (Å²) in [5, 5.41) is 1.66. The monoisotopic (exact) mass is 269 g/mol. The molecule has 1 aromatic carbocycles. The lowest BCUT2D eigenvalue weighted by molar-refractivity contribution is -0.141. The van der Waals surface area contributed by atoms with Gasteiger partial charge in [0, 0.05) is 15.8 Å². The van der Waals surface area contributed by atoms with Gasteiger partial charge in [-0.1, -0.05) is 30.7 Å². The highest BCUT2D eigenvalue weighted by molar-refractivity contribution is 8.15. The second kappa shape index (κ2) is 5.10. The lowest BCUT2D eigenvalue weighted by atomic mass is 10.2. The first-order valence-electron chi connectivity index (χ1n) is 5.20. The number of carbonyl (C=O) groups excluding carboxylic acids is 1. The minimum Gasteiger partial charge on any atom is -0.467 e. The summed E-state index contributed by atoms with van der Waals surface area (Å²) in [4.78, 5) is 15.9. The summed E-state index contributed by atoms with van der Waals surface area (Å²) >= 11 is 7.41. The Labute approximate surface area is 109 Å². The molecule has 1 heterocycles. The molecule has 0 unspecified atom stereocenters. The number of nitrogens with zero attached hydrogens (tertiary/aromatic N) is 1. The van der Waals surface area contributed by atoms with Crippen LogP contribution in [-0.4, -0.2) is 29.4 Å². The highest BCUT2D eigenvalue weighted by Crippen LogP contribution is 2.31. The lowest BCUT2D eigenvalue weighted by Crippen LogP contribution is -2.26. The highest BCUT2D eigenvalue weighted by atomic mass is 35.5. The van der Waals surface area contributed by atoms with E-state index in [9.17, 15) is 4.79 Å². The summed E-state index contributed by atoms with van der Waals surface area (Å²) in [6.07, 6.45) is 0. The van der Waals surface area contributed by atoms with Gasteiger partial charge < -0.3 is 4.74 Å². The van der Waals surface area contributed by atoms with Crippen molar-refractivity contribution in [2.24, 2.45) is 4.99 Å². The van der Waals surface area contributed by atoms with Crippen LogP contribution in [-0.2, 0) is 9.53 Å². The smallest absolute Gasteiger partial charge is 0.331 e. The summed E-state index contributed by atoms with van der Waals surface area (Å²) in [5.74, 6) is -0.283. The Balaban J connectivity index is 2.23. The Hall–Kier alpha value is -1.000. The van der Waals surface area contributed by atoms with Crippen molar-refractivity contribution in [3.63, 3.8) is 0 Å². The molecule has 3 nitrogen and oxygen atoms in total. The Morgan fingerprint density at radius 1 is 1.41 bits per heavy atom. The van der Waals surface area contributed by atoms with Crippen LogP contribution in [0.15, 0.2) is 29.3 Å². The number of halogens is 1. The average molecular weight is 270 g/mol. The van der Waals surface area contributed by atoms with E-state index in [1.165, 1.54) is 7.11 Å². The van der Waals surface area contributed by atoms with Gasteiger partial charge in [-0.15, -0.1) is 11.8 Å². The van der Waals surface area contributed by atoms with Gasteiger partial charge in [0.2, 0.25) is 0 Å². The number of aliphatic imine (C=N–C) groups is 1. The van der Waals surface area contributed by atoms with Gasteiger partial charge in [0.05, 0.1) is 12.2 Å². The number of benzene rings is 1. The van der Waals surface area contributed by atoms with Gasteiger partial charge in [-0.25, -0.2) is 4.79 Å². The molecule has 0 N–H and O–H groups in total. The molecule has 17 heavy (non-hydrogen) atoms. The van der Waals surface area contributed by atoms with Crippen LogP contribution in [0.1, 0.15) is 12.5 Å². The van der Waals surface area contributed by atoms with Crippen LogP contribution in [0.4, 0.5) is 0 Å². The first-order chi connectivity index (χ1) is 8.11. The van der Waals surface area contributed by atoms with Crippen molar-refractivity contribution in [1.29, 1.82) is 0 Å². The fraction of sp³-hybridized carbons (Fsp3) is 0.333. The molecule has 0 saturated carbocycles. The first kappa shape index (κ1) is 12.5. The zero-order valence-electron chi connectivity index (χ0n) is 9.51. The molecule has 5 heteroatoms. The molecular formula is C12H12ClNO2S. The molecule has 0 bridgehead atoms. The van der Waals surface area contributed by atoms with Crippen LogP contribution in [0.25, 0.3) is 0 Å². The van der Waals surface area contributed by atoms with Crippen molar-refractivity contribution in [2.45, 2.75) is 18.2 Å². The van der Waals surface area contributed by atoms with Crippen LogP contribution < -0.4 is 0 Å². The Kier molecular flexibility index (Phi) is 3.74. The molecule has 0 radical (unpaired) electrons. The summed E-state index contributed by atoms with van der Waals surface area (Å²) in [5.41, 5.74) is 0.984. The number of ether oxygens (including phenoxy) is 1. The Bertz CT molecular complexity index is 458. The standard InChI is InChI=1S/C12H12ClNO2S/c1-7-10(12(15)16-2)14-11(17-7)8-3-5-9(13)6-4-8/h3-7,10H,1-2H3/t7-,10+/m0/s1. The van der Waals surface area contributed by atoms with Crippen molar-refractivity contribution < 1.29 is 9.53 Å². The van der Waals surface area contributed by atoms with Crippen LogP contribution >= 0.6 is 23.4 Å². The fourth-order valence-corrected chi connectivity index (χ4v) is 2.83. The fourth-order valence-electron chi connectivity index (χ4n) is 1.60. The molecular weight excluding hydrogens is 258 g/mol. The number of thioether (sulfide) groups is 1. The predicted octanol–water partition coefficient (Wildman–Crippen LogP) is 2.76. The normalized spacial score (nSPS) is 23.4. The summed E-state index contributed by atoms with van der Waals surface area (Å²) in [6.45, 7) is 1.97. The summed E-state index contributed by atoms with van der Waals surface area (Å²) < 4.78 is 4.73. The van der Waals surface area contributed by atoms with Crippen molar-refractivity contribution in [2.75, 3.05) is 7.11 Å². The van der Waals surface area contributed by atoms with Crippen molar-refractivity contribution in [3.8, 4) is 0 Å². The second-order valence-corrected chi connectivity index (χ2v) is 5.53. The maximum atomic E-state index is 11.5. The topological polar surface area (TPSA) is 38.7 Å². The first-order valence-corrected chi connectivity index (χ1v) is 6.46. The summed E-state index contributed by atoms with van der Waals surface area (Å²) in [6, 6.07) is 7.03.